The number of ketones is 1. The maximum absolute atomic E-state index is 13.0. The zero-order valence-electron chi connectivity index (χ0n) is 13.6. The van der Waals surface area contributed by atoms with Crippen molar-refractivity contribution in [3.8, 4) is 5.75 Å². The lowest BCUT2D eigenvalue weighted by atomic mass is 10.1. The van der Waals surface area contributed by atoms with Gasteiger partial charge in [-0.2, -0.15) is 0 Å². The Hall–Kier alpha value is -3.02. The first kappa shape index (κ1) is 16.8. The summed E-state index contributed by atoms with van der Waals surface area (Å²) in [5, 5.41) is 0. The van der Waals surface area contributed by atoms with Gasteiger partial charge in [0.25, 0.3) is 0 Å². The van der Waals surface area contributed by atoms with Crippen LogP contribution in [0.1, 0.15) is 23.7 Å². The van der Waals surface area contributed by atoms with E-state index >= 15 is 0 Å². The van der Waals surface area contributed by atoms with Gasteiger partial charge < -0.3 is 9.64 Å². The number of amides is 1. The van der Waals surface area contributed by atoms with E-state index in [0.29, 0.717) is 17.0 Å². The normalized spacial score (nSPS) is 16.8. The highest BCUT2D eigenvalue weighted by Crippen LogP contribution is 2.26. The summed E-state index contributed by atoms with van der Waals surface area (Å²) in [6.45, 7) is 1.64. The molecule has 1 atom stereocenters. The number of ether oxygens (including phenoxy) is 1. The Balaban J connectivity index is 1.66. The van der Waals surface area contributed by atoms with Crippen molar-refractivity contribution in [2.45, 2.75) is 13.3 Å². The number of hydrogen-bond donors (Lipinski definition) is 0. The van der Waals surface area contributed by atoms with Crippen molar-refractivity contribution in [3.63, 3.8) is 0 Å². The van der Waals surface area contributed by atoms with Crippen LogP contribution in [0.25, 0.3) is 0 Å². The molecule has 0 aliphatic carbocycles. The fourth-order valence-corrected chi connectivity index (χ4v) is 2.69. The summed E-state index contributed by atoms with van der Waals surface area (Å²) < 4.78 is 18.3. The summed E-state index contributed by atoms with van der Waals surface area (Å²) in [6, 6.07) is 11.8. The van der Waals surface area contributed by atoms with Crippen LogP contribution in [-0.4, -0.2) is 24.2 Å². The molecule has 1 amide bonds. The summed E-state index contributed by atoms with van der Waals surface area (Å²) in [4.78, 5) is 37.1. The highest BCUT2D eigenvalue weighted by molar-refractivity contribution is 5.99. The van der Waals surface area contributed by atoms with Crippen molar-refractivity contribution in [3.05, 3.63) is 59.9 Å². The van der Waals surface area contributed by atoms with E-state index in [2.05, 4.69) is 0 Å². The highest BCUT2D eigenvalue weighted by atomic mass is 19.1. The number of halogens is 1. The Bertz CT molecular complexity index is 814. The summed E-state index contributed by atoms with van der Waals surface area (Å²) in [6.07, 6.45) is 0.0434. The van der Waals surface area contributed by atoms with E-state index in [1.165, 1.54) is 36.1 Å². The van der Waals surface area contributed by atoms with Gasteiger partial charge in [-0.3, -0.25) is 14.4 Å². The van der Waals surface area contributed by atoms with Crippen molar-refractivity contribution < 1.29 is 23.5 Å². The molecule has 1 aliphatic rings. The van der Waals surface area contributed by atoms with E-state index < -0.39 is 11.9 Å². The molecule has 0 unspecified atom stereocenters. The Morgan fingerprint density at radius 2 is 1.72 bits per heavy atom. The third-order valence-electron chi connectivity index (χ3n) is 4.08. The van der Waals surface area contributed by atoms with Crippen LogP contribution in [-0.2, 0) is 9.59 Å². The topological polar surface area (TPSA) is 63.7 Å². The quantitative estimate of drug-likeness (QED) is 0.487. The second-order valence-corrected chi connectivity index (χ2v) is 5.88. The molecule has 1 heterocycles. The van der Waals surface area contributed by atoms with Gasteiger partial charge in [0.2, 0.25) is 5.91 Å². The number of benzene rings is 2. The lowest BCUT2D eigenvalue weighted by Crippen LogP contribution is -2.27. The lowest BCUT2D eigenvalue weighted by Gasteiger charge is -2.16. The molecule has 1 saturated heterocycles. The SMILES string of the molecule is CC(=O)c1ccc(OC(=O)[C@@H]2CC(=O)N(c3ccc(F)cc3)C2)cc1. The van der Waals surface area contributed by atoms with Crippen molar-refractivity contribution in [2.24, 2.45) is 5.92 Å². The van der Waals surface area contributed by atoms with Gasteiger partial charge in [0.15, 0.2) is 5.78 Å². The summed E-state index contributed by atoms with van der Waals surface area (Å²) in [5.74, 6) is -1.45. The fourth-order valence-electron chi connectivity index (χ4n) is 2.69. The van der Waals surface area contributed by atoms with Gasteiger partial charge in [0.1, 0.15) is 11.6 Å². The number of carbonyl (C=O) groups excluding carboxylic acids is 3. The number of hydrogen-bond acceptors (Lipinski definition) is 4. The van der Waals surface area contributed by atoms with Crippen LogP contribution >= 0.6 is 0 Å². The predicted molar refractivity (Wildman–Crippen MR) is 88.9 cm³/mol. The third-order valence-corrected chi connectivity index (χ3v) is 4.08. The monoisotopic (exact) mass is 341 g/mol. The molecule has 2 aromatic rings. The molecule has 0 spiro atoms. The smallest absolute Gasteiger partial charge is 0.316 e. The van der Waals surface area contributed by atoms with E-state index in [0.717, 1.165) is 0 Å². The van der Waals surface area contributed by atoms with Crippen molar-refractivity contribution in [2.75, 3.05) is 11.4 Å². The molecule has 6 heteroatoms. The number of carbonyl (C=O) groups is 3. The molecular formula is C19H16FNO4. The van der Waals surface area contributed by atoms with Gasteiger partial charge >= 0.3 is 5.97 Å². The molecule has 0 saturated carbocycles. The molecule has 3 rings (SSSR count). The Labute approximate surface area is 144 Å². The molecule has 128 valence electrons. The molecule has 5 nitrogen and oxygen atoms in total. The van der Waals surface area contributed by atoms with Gasteiger partial charge in [-0.25, -0.2) is 4.39 Å². The third kappa shape index (κ3) is 3.74. The van der Waals surface area contributed by atoms with Gasteiger partial charge in [0, 0.05) is 24.2 Å². The highest BCUT2D eigenvalue weighted by Gasteiger charge is 2.36. The Kier molecular flexibility index (Phi) is 4.61. The second-order valence-electron chi connectivity index (χ2n) is 5.88. The van der Waals surface area contributed by atoms with Crippen LogP contribution in [0.2, 0.25) is 0 Å². The molecule has 2 aromatic carbocycles. The maximum atomic E-state index is 13.0. The van der Waals surface area contributed by atoms with Crippen LogP contribution in [0, 0.1) is 11.7 Å². The minimum atomic E-state index is -0.593. The molecule has 1 fully saturated rings. The van der Waals surface area contributed by atoms with Gasteiger partial charge in [0.05, 0.1) is 5.92 Å². The molecule has 25 heavy (non-hydrogen) atoms. The summed E-state index contributed by atoms with van der Waals surface area (Å²) >= 11 is 0. The van der Waals surface area contributed by atoms with Crippen LogP contribution in [0.4, 0.5) is 10.1 Å². The number of esters is 1. The minimum absolute atomic E-state index is 0.0434. The molecule has 1 aliphatic heterocycles. The fraction of sp³-hybridized carbons (Fsp3) is 0.211. The standard InChI is InChI=1S/C19H16FNO4/c1-12(22)13-2-8-17(9-3-13)25-19(24)14-10-18(23)21(11-14)16-6-4-15(20)5-7-16/h2-9,14H,10-11H2,1H3/t14-/m1/s1. The van der Waals surface area contributed by atoms with Gasteiger partial charge in [-0.15, -0.1) is 0 Å². The Morgan fingerprint density at radius 3 is 2.32 bits per heavy atom. The van der Waals surface area contributed by atoms with E-state index in [9.17, 15) is 18.8 Å². The molecular weight excluding hydrogens is 325 g/mol. The molecule has 0 N–H and O–H groups in total. The molecule has 0 aromatic heterocycles. The zero-order valence-corrected chi connectivity index (χ0v) is 13.6. The number of rotatable bonds is 4. The van der Waals surface area contributed by atoms with Crippen LogP contribution in [0.5, 0.6) is 5.75 Å². The largest absolute Gasteiger partial charge is 0.426 e. The first-order valence-electron chi connectivity index (χ1n) is 7.82. The van der Waals surface area contributed by atoms with Crippen LogP contribution in [0.3, 0.4) is 0 Å². The van der Waals surface area contributed by atoms with Crippen LogP contribution < -0.4 is 9.64 Å². The number of anilines is 1. The predicted octanol–water partition coefficient (Wildman–Crippen LogP) is 2.99. The van der Waals surface area contributed by atoms with E-state index in [1.807, 2.05) is 0 Å². The molecule has 0 bridgehead atoms. The number of nitrogens with zero attached hydrogens (tertiary/aromatic N) is 1. The lowest BCUT2D eigenvalue weighted by molar-refractivity contribution is -0.139. The van der Waals surface area contributed by atoms with Gasteiger partial charge in [-0.05, 0) is 55.5 Å². The molecule has 0 radical (unpaired) electrons. The van der Waals surface area contributed by atoms with Crippen LogP contribution in [0.15, 0.2) is 48.5 Å². The van der Waals surface area contributed by atoms with Crippen molar-refractivity contribution in [1.29, 1.82) is 0 Å². The van der Waals surface area contributed by atoms with Crippen molar-refractivity contribution in [1.82, 2.24) is 0 Å². The zero-order chi connectivity index (χ0) is 18.0. The number of Topliss-reactive ketones (excluding diaryl/α,β-unsaturated/α-hetero) is 1. The maximum Gasteiger partial charge on any atom is 0.316 e. The average Bonchev–Trinajstić information content (AvgIpc) is 2.98. The second kappa shape index (κ2) is 6.84. The van der Waals surface area contributed by atoms with Crippen molar-refractivity contribution >= 4 is 23.3 Å². The minimum Gasteiger partial charge on any atom is -0.426 e. The van der Waals surface area contributed by atoms with E-state index in [-0.39, 0.29) is 30.5 Å². The van der Waals surface area contributed by atoms with Gasteiger partial charge in [-0.1, -0.05) is 0 Å². The Morgan fingerprint density at radius 1 is 1.08 bits per heavy atom. The first-order valence-corrected chi connectivity index (χ1v) is 7.82. The summed E-state index contributed by atoms with van der Waals surface area (Å²) in [7, 11) is 0. The van der Waals surface area contributed by atoms with E-state index in [4.69, 9.17) is 4.74 Å². The van der Waals surface area contributed by atoms with E-state index in [1.54, 1.807) is 24.3 Å². The average molecular weight is 341 g/mol. The summed E-state index contributed by atoms with van der Waals surface area (Å²) in [5.41, 5.74) is 1.07. The first-order chi connectivity index (χ1) is 11.9.